The first-order chi connectivity index (χ1) is 9.83. The van der Waals surface area contributed by atoms with Crippen molar-refractivity contribution < 1.29 is 0 Å². The van der Waals surface area contributed by atoms with Crippen molar-refractivity contribution in [2.45, 2.75) is 26.7 Å². The van der Waals surface area contributed by atoms with Crippen LogP contribution in [0.15, 0.2) is 66.8 Å². The fourth-order valence-electron chi connectivity index (χ4n) is 2.22. The quantitative estimate of drug-likeness (QED) is 0.589. The molecule has 0 bridgehead atoms. The summed E-state index contributed by atoms with van der Waals surface area (Å²) in [5, 5.41) is 0. The van der Waals surface area contributed by atoms with E-state index in [0.29, 0.717) is 0 Å². The summed E-state index contributed by atoms with van der Waals surface area (Å²) in [4.78, 5) is 0. The Balaban J connectivity index is 2.13. The van der Waals surface area contributed by atoms with Crippen molar-refractivity contribution >= 4 is 6.08 Å². The molecule has 0 atom stereocenters. The second kappa shape index (κ2) is 7.49. The van der Waals surface area contributed by atoms with Gasteiger partial charge in [0.2, 0.25) is 0 Å². The summed E-state index contributed by atoms with van der Waals surface area (Å²) >= 11 is 0. The van der Waals surface area contributed by atoms with Crippen LogP contribution < -0.4 is 0 Å². The molecular weight excluding hydrogens is 240 g/mol. The Bertz CT molecular complexity index is 568. The number of allylic oxidation sites excluding steroid dienone is 3. The minimum atomic E-state index is 1.16. The lowest BCUT2D eigenvalue weighted by molar-refractivity contribution is 0.922. The van der Waals surface area contributed by atoms with Gasteiger partial charge in [-0.15, -0.1) is 0 Å². The van der Waals surface area contributed by atoms with E-state index in [4.69, 9.17) is 0 Å². The second-order valence-electron chi connectivity index (χ2n) is 4.95. The van der Waals surface area contributed by atoms with Crippen molar-refractivity contribution in [3.63, 3.8) is 0 Å². The Morgan fingerprint density at radius 1 is 0.800 bits per heavy atom. The van der Waals surface area contributed by atoms with Crippen molar-refractivity contribution in [3.8, 4) is 11.1 Å². The molecule has 0 N–H and O–H groups in total. The van der Waals surface area contributed by atoms with Crippen LogP contribution in [-0.2, 0) is 6.42 Å². The number of aryl methyl sites for hydroxylation is 1. The first-order valence-corrected chi connectivity index (χ1v) is 7.32. The summed E-state index contributed by atoms with van der Waals surface area (Å²) in [7, 11) is 0. The highest BCUT2D eigenvalue weighted by Gasteiger charge is 1.98. The monoisotopic (exact) mass is 262 g/mol. The first kappa shape index (κ1) is 14.3. The summed E-state index contributed by atoms with van der Waals surface area (Å²) in [6.07, 6.45) is 10.6. The van der Waals surface area contributed by atoms with E-state index in [9.17, 15) is 0 Å². The maximum Gasteiger partial charge on any atom is -0.0184 e. The summed E-state index contributed by atoms with van der Waals surface area (Å²) in [5.74, 6) is 0. The molecule has 0 saturated heterocycles. The Morgan fingerprint density at radius 2 is 1.40 bits per heavy atom. The van der Waals surface area contributed by atoms with E-state index in [1.165, 1.54) is 28.7 Å². The number of benzene rings is 2. The Morgan fingerprint density at radius 3 is 1.95 bits per heavy atom. The fourth-order valence-corrected chi connectivity index (χ4v) is 2.22. The van der Waals surface area contributed by atoms with Crippen LogP contribution in [0.1, 0.15) is 31.4 Å². The molecule has 0 nitrogen and oxygen atoms in total. The van der Waals surface area contributed by atoms with E-state index in [1.807, 2.05) is 19.1 Å². The SMILES string of the molecule is CC=CC=Cc1ccc(-c2ccc(CCC)cc2)cc1. The average Bonchev–Trinajstić information content (AvgIpc) is 2.49. The number of hydrogen-bond donors (Lipinski definition) is 0. The van der Waals surface area contributed by atoms with Crippen LogP contribution in [0.3, 0.4) is 0 Å². The lowest BCUT2D eigenvalue weighted by Crippen LogP contribution is -1.83. The van der Waals surface area contributed by atoms with Crippen LogP contribution in [0.2, 0.25) is 0 Å². The van der Waals surface area contributed by atoms with Gasteiger partial charge in [0.25, 0.3) is 0 Å². The Kier molecular flexibility index (Phi) is 5.37. The third-order valence-corrected chi connectivity index (χ3v) is 3.33. The maximum absolute atomic E-state index is 2.23. The van der Waals surface area contributed by atoms with Crippen LogP contribution in [-0.4, -0.2) is 0 Å². The minimum Gasteiger partial charge on any atom is -0.0877 e. The molecule has 0 heteroatoms. The van der Waals surface area contributed by atoms with Crippen molar-refractivity contribution in [2.75, 3.05) is 0 Å². The van der Waals surface area contributed by atoms with Crippen molar-refractivity contribution in [1.29, 1.82) is 0 Å². The molecule has 102 valence electrons. The molecule has 0 unspecified atom stereocenters. The molecule has 0 fully saturated rings. The molecule has 0 aliphatic carbocycles. The van der Waals surface area contributed by atoms with E-state index < -0.39 is 0 Å². The molecule has 20 heavy (non-hydrogen) atoms. The zero-order valence-corrected chi connectivity index (χ0v) is 12.3. The molecule has 0 spiro atoms. The van der Waals surface area contributed by atoms with E-state index in [-0.39, 0.29) is 0 Å². The van der Waals surface area contributed by atoms with Gasteiger partial charge in [0.15, 0.2) is 0 Å². The number of hydrogen-bond acceptors (Lipinski definition) is 0. The molecule has 0 heterocycles. The van der Waals surface area contributed by atoms with Crippen LogP contribution in [0.4, 0.5) is 0 Å². The molecule has 0 radical (unpaired) electrons. The summed E-state index contributed by atoms with van der Waals surface area (Å²) < 4.78 is 0. The van der Waals surface area contributed by atoms with Gasteiger partial charge >= 0.3 is 0 Å². The predicted octanol–water partition coefficient (Wildman–Crippen LogP) is 5.90. The van der Waals surface area contributed by atoms with Gasteiger partial charge in [0.05, 0.1) is 0 Å². The third-order valence-electron chi connectivity index (χ3n) is 3.33. The summed E-state index contributed by atoms with van der Waals surface area (Å²) in [6.45, 7) is 4.24. The van der Waals surface area contributed by atoms with E-state index in [1.54, 1.807) is 0 Å². The van der Waals surface area contributed by atoms with Crippen LogP contribution >= 0.6 is 0 Å². The average molecular weight is 262 g/mol. The molecular formula is C20H22. The molecule has 0 aliphatic heterocycles. The molecule has 0 saturated carbocycles. The standard InChI is InChI=1S/C20H22/c1-3-5-6-8-18-11-15-20(16-12-18)19-13-9-17(7-4-2)10-14-19/h3,5-6,8-16H,4,7H2,1-2H3. The highest BCUT2D eigenvalue weighted by Crippen LogP contribution is 2.21. The van der Waals surface area contributed by atoms with Gasteiger partial charge in [0.1, 0.15) is 0 Å². The smallest absolute Gasteiger partial charge is 0.0184 e. The van der Waals surface area contributed by atoms with Gasteiger partial charge in [-0.05, 0) is 35.6 Å². The first-order valence-electron chi connectivity index (χ1n) is 7.32. The zero-order valence-electron chi connectivity index (χ0n) is 12.3. The highest BCUT2D eigenvalue weighted by atomic mass is 14.0. The predicted molar refractivity (Wildman–Crippen MR) is 89.7 cm³/mol. The largest absolute Gasteiger partial charge is 0.0877 e. The molecule has 2 aromatic rings. The molecule has 2 aromatic carbocycles. The van der Waals surface area contributed by atoms with Crippen LogP contribution in [0.5, 0.6) is 0 Å². The molecule has 0 aromatic heterocycles. The molecule has 0 aliphatic rings. The highest BCUT2D eigenvalue weighted by molar-refractivity contribution is 5.66. The van der Waals surface area contributed by atoms with Gasteiger partial charge in [-0.25, -0.2) is 0 Å². The van der Waals surface area contributed by atoms with Crippen molar-refractivity contribution in [2.24, 2.45) is 0 Å². The third kappa shape index (κ3) is 3.96. The van der Waals surface area contributed by atoms with Crippen molar-refractivity contribution in [3.05, 3.63) is 77.9 Å². The number of rotatable bonds is 5. The van der Waals surface area contributed by atoms with Gasteiger partial charge in [-0.2, -0.15) is 0 Å². The normalized spacial score (nSPS) is 11.5. The van der Waals surface area contributed by atoms with Gasteiger partial charge in [-0.1, -0.05) is 86.2 Å². The molecule has 0 amide bonds. The minimum absolute atomic E-state index is 1.16. The van der Waals surface area contributed by atoms with Gasteiger partial charge in [-0.3, -0.25) is 0 Å². The Hall–Kier alpha value is -2.08. The van der Waals surface area contributed by atoms with Gasteiger partial charge < -0.3 is 0 Å². The lowest BCUT2D eigenvalue weighted by atomic mass is 10.0. The summed E-state index contributed by atoms with van der Waals surface area (Å²) in [6, 6.07) is 17.6. The van der Waals surface area contributed by atoms with Gasteiger partial charge in [0, 0.05) is 0 Å². The van der Waals surface area contributed by atoms with Crippen LogP contribution in [0.25, 0.3) is 17.2 Å². The van der Waals surface area contributed by atoms with Crippen LogP contribution in [0, 0.1) is 0 Å². The topological polar surface area (TPSA) is 0 Å². The summed E-state index contributed by atoms with van der Waals surface area (Å²) in [5.41, 5.74) is 5.21. The zero-order chi connectivity index (χ0) is 14.2. The maximum atomic E-state index is 2.23. The second-order valence-corrected chi connectivity index (χ2v) is 4.95. The van der Waals surface area contributed by atoms with Crippen molar-refractivity contribution in [1.82, 2.24) is 0 Å². The molecule has 2 rings (SSSR count). The van der Waals surface area contributed by atoms with E-state index in [2.05, 4.69) is 67.6 Å². The Labute approximate surface area is 122 Å². The fraction of sp³-hybridized carbons (Fsp3) is 0.200. The lowest BCUT2D eigenvalue weighted by Gasteiger charge is -2.04. The van der Waals surface area contributed by atoms with E-state index in [0.717, 1.165) is 6.42 Å². The van der Waals surface area contributed by atoms with E-state index >= 15 is 0 Å².